The van der Waals surface area contributed by atoms with E-state index in [1.165, 1.54) is 6.07 Å². The summed E-state index contributed by atoms with van der Waals surface area (Å²) in [5.41, 5.74) is 0.327. The zero-order valence-electron chi connectivity index (χ0n) is 9.89. The van der Waals surface area contributed by atoms with Gasteiger partial charge in [-0.05, 0) is 38.1 Å². The van der Waals surface area contributed by atoms with E-state index < -0.39 is 0 Å². The molecule has 2 nitrogen and oxygen atoms in total. The highest BCUT2D eigenvalue weighted by Gasteiger charge is 2.13. The van der Waals surface area contributed by atoms with E-state index in [2.05, 4.69) is 28.2 Å². The first-order valence-electron chi connectivity index (χ1n) is 5.73. The fourth-order valence-electron chi connectivity index (χ4n) is 1.77. The molecule has 1 aromatic heterocycles. The van der Waals surface area contributed by atoms with Crippen LogP contribution in [0.5, 0.6) is 0 Å². The Morgan fingerprint density at radius 1 is 1.41 bits per heavy atom. The molecular formula is C13H15BrFNO. The number of halogens is 2. The lowest BCUT2D eigenvalue weighted by Gasteiger charge is -2.09. The molecule has 17 heavy (non-hydrogen) atoms. The average molecular weight is 300 g/mol. The standard InChI is InChI=1S/C13H15BrFNO/c1-3-4-16-8(2)12-6-9-5-10(14)7-11(15)13(9)17-12/h5-8,16H,3-4H2,1-2H3. The van der Waals surface area contributed by atoms with Crippen molar-refractivity contribution in [2.45, 2.75) is 26.3 Å². The van der Waals surface area contributed by atoms with Gasteiger partial charge in [0, 0.05) is 9.86 Å². The number of nitrogens with one attached hydrogen (secondary N) is 1. The molecule has 0 aliphatic heterocycles. The zero-order chi connectivity index (χ0) is 12.4. The third kappa shape index (κ3) is 2.69. The molecule has 1 atom stereocenters. The van der Waals surface area contributed by atoms with Crippen molar-refractivity contribution in [1.29, 1.82) is 0 Å². The summed E-state index contributed by atoms with van der Waals surface area (Å²) in [5.74, 6) is 0.439. The average Bonchev–Trinajstić information content (AvgIpc) is 2.69. The van der Waals surface area contributed by atoms with Crippen LogP contribution in [-0.2, 0) is 0 Å². The predicted molar refractivity (Wildman–Crippen MR) is 70.6 cm³/mol. The highest BCUT2D eigenvalue weighted by atomic mass is 79.9. The van der Waals surface area contributed by atoms with Crippen LogP contribution >= 0.6 is 15.9 Å². The Labute approximate surface area is 108 Å². The second-order valence-electron chi connectivity index (χ2n) is 4.13. The van der Waals surface area contributed by atoms with E-state index in [-0.39, 0.29) is 11.9 Å². The van der Waals surface area contributed by atoms with Crippen LogP contribution in [-0.4, -0.2) is 6.54 Å². The number of rotatable bonds is 4. The van der Waals surface area contributed by atoms with Crippen LogP contribution in [0.3, 0.4) is 0 Å². The largest absolute Gasteiger partial charge is 0.456 e. The van der Waals surface area contributed by atoms with Gasteiger partial charge < -0.3 is 9.73 Å². The van der Waals surface area contributed by atoms with Crippen molar-refractivity contribution in [3.63, 3.8) is 0 Å². The molecule has 0 saturated heterocycles. The van der Waals surface area contributed by atoms with Gasteiger partial charge in [-0.15, -0.1) is 0 Å². The van der Waals surface area contributed by atoms with Gasteiger partial charge in [0.15, 0.2) is 11.4 Å². The molecule has 0 bridgehead atoms. The zero-order valence-corrected chi connectivity index (χ0v) is 11.5. The van der Waals surface area contributed by atoms with E-state index in [9.17, 15) is 4.39 Å². The number of furan rings is 1. The third-order valence-corrected chi connectivity index (χ3v) is 3.14. The summed E-state index contributed by atoms with van der Waals surface area (Å²) in [5, 5.41) is 4.10. The Morgan fingerprint density at radius 2 is 2.18 bits per heavy atom. The minimum atomic E-state index is -0.330. The molecule has 1 unspecified atom stereocenters. The molecule has 1 heterocycles. The van der Waals surface area contributed by atoms with Crippen molar-refractivity contribution in [2.75, 3.05) is 6.54 Å². The lowest BCUT2D eigenvalue weighted by atomic mass is 10.2. The monoisotopic (exact) mass is 299 g/mol. The van der Waals surface area contributed by atoms with Gasteiger partial charge in [0.25, 0.3) is 0 Å². The lowest BCUT2D eigenvalue weighted by Crippen LogP contribution is -2.18. The first-order chi connectivity index (χ1) is 8.11. The molecule has 1 aromatic carbocycles. The van der Waals surface area contributed by atoms with E-state index >= 15 is 0 Å². The van der Waals surface area contributed by atoms with Crippen molar-refractivity contribution in [3.05, 3.63) is 34.2 Å². The van der Waals surface area contributed by atoms with Crippen LogP contribution in [0.1, 0.15) is 32.1 Å². The Bertz CT molecular complexity index is 523. The molecule has 92 valence electrons. The van der Waals surface area contributed by atoms with Crippen LogP contribution in [0.25, 0.3) is 11.0 Å². The maximum absolute atomic E-state index is 13.6. The second kappa shape index (κ2) is 5.19. The van der Waals surface area contributed by atoms with E-state index in [4.69, 9.17) is 4.42 Å². The van der Waals surface area contributed by atoms with Crippen LogP contribution in [0.15, 0.2) is 27.1 Å². The predicted octanol–water partition coefficient (Wildman–Crippen LogP) is 4.40. The quantitative estimate of drug-likeness (QED) is 0.905. The van der Waals surface area contributed by atoms with Gasteiger partial charge >= 0.3 is 0 Å². The van der Waals surface area contributed by atoms with Crippen molar-refractivity contribution in [2.24, 2.45) is 0 Å². The van der Waals surface area contributed by atoms with Crippen molar-refractivity contribution < 1.29 is 8.81 Å². The molecule has 4 heteroatoms. The van der Waals surface area contributed by atoms with Crippen molar-refractivity contribution in [3.8, 4) is 0 Å². The summed E-state index contributed by atoms with van der Waals surface area (Å²) in [6, 6.07) is 5.26. The van der Waals surface area contributed by atoms with E-state index in [0.29, 0.717) is 5.58 Å². The molecule has 0 saturated carbocycles. The summed E-state index contributed by atoms with van der Waals surface area (Å²) in [6.45, 7) is 5.04. The summed E-state index contributed by atoms with van der Waals surface area (Å²) >= 11 is 3.27. The second-order valence-corrected chi connectivity index (χ2v) is 5.05. The van der Waals surface area contributed by atoms with Gasteiger partial charge in [0.1, 0.15) is 5.76 Å². The van der Waals surface area contributed by atoms with Gasteiger partial charge in [0.2, 0.25) is 0 Å². The molecule has 0 aliphatic rings. The highest BCUT2D eigenvalue weighted by molar-refractivity contribution is 9.10. The van der Waals surface area contributed by atoms with E-state index in [0.717, 1.165) is 28.6 Å². The minimum Gasteiger partial charge on any atom is -0.456 e. The molecule has 2 aromatic rings. The Morgan fingerprint density at radius 3 is 2.88 bits per heavy atom. The van der Waals surface area contributed by atoms with Crippen LogP contribution < -0.4 is 5.32 Å². The summed E-state index contributed by atoms with van der Waals surface area (Å²) in [4.78, 5) is 0. The molecule has 0 amide bonds. The van der Waals surface area contributed by atoms with Crippen molar-refractivity contribution in [1.82, 2.24) is 5.32 Å². The van der Waals surface area contributed by atoms with Crippen LogP contribution in [0.4, 0.5) is 4.39 Å². The van der Waals surface area contributed by atoms with E-state index in [1.54, 1.807) is 0 Å². The van der Waals surface area contributed by atoms with Gasteiger partial charge in [-0.1, -0.05) is 22.9 Å². The van der Waals surface area contributed by atoms with Gasteiger partial charge in [-0.2, -0.15) is 0 Å². The normalized spacial score (nSPS) is 13.2. The highest BCUT2D eigenvalue weighted by Crippen LogP contribution is 2.28. The van der Waals surface area contributed by atoms with Crippen LogP contribution in [0, 0.1) is 5.82 Å². The third-order valence-electron chi connectivity index (χ3n) is 2.68. The topological polar surface area (TPSA) is 25.2 Å². The molecule has 2 rings (SSSR count). The summed E-state index contributed by atoms with van der Waals surface area (Å²) < 4.78 is 19.9. The first kappa shape index (κ1) is 12.6. The summed E-state index contributed by atoms with van der Waals surface area (Å²) in [6.07, 6.45) is 1.06. The number of benzene rings is 1. The van der Waals surface area contributed by atoms with E-state index in [1.807, 2.05) is 19.1 Å². The first-order valence-corrected chi connectivity index (χ1v) is 6.53. The maximum atomic E-state index is 13.6. The summed E-state index contributed by atoms with van der Waals surface area (Å²) in [7, 11) is 0. The lowest BCUT2D eigenvalue weighted by molar-refractivity contribution is 0.443. The van der Waals surface area contributed by atoms with Crippen LogP contribution in [0.2, 0.25) is 0 Å². The minimum absolute atomic E-state index is 0.0977. The Balaban J connectivity index is 2.34. The van der Waals surface area contributed by atoms with Crippen molar-refractivity contribution >= 4 is 26.9 Å². The number of hydrogen-bond donors (Lipinski definition) is 1. The fraction of sp³-hybridized carbons (Fsp3) is 0.385. The number of fused-ring (bicyclic) bond motifs is 1. The Kier molecular flexibility index (Phi) is 3.84. The number of hydrogen-bond acceptors (Lipinski definition) is 2. The van der Waals surface area contributed by atoms with Gasteiger partial charge in [0.05, 0.1) is 6.04 Å². The molecule has 0 spiro atoms. The molecule has 1 N–H and O–H groups in total. The Hall–Kier alpha value is -0.870. The van der Waals surface area contributed by atoms with Gasteiger partial charge in [-0.25, -0.2) is 4.39 Å². The molecule has 0 aliphatic carbocycles. The molecule has 0 fully saturated rings. The fourth-order valence-corrected chi connectivity index (χ4v) is 2.22. The molecule has 0 radical (unpaired) electrons. The SMILES string of the molecule is CCCNC(C)c1cc2cc(Br)cc(F)c2o1. The smallest absolute Gasteiger partial charge is 0.170 e. The maximum Gasteiger partial charge on any atom is 0.170 e. The molecular weight excluding hydrogens is 285 g/mol. The van der Waals surface area contributed by atoms with Gasteiger partial charge in [-0.3, -0.25) is 0 Å².